The molecule has 122 valence electrons. The van der Waals surface area contributed by atoms with Crippen LogP contribution in [0.15, 0.2) is 11.6 Å². The molecular formula is C21H27NO. The zero-order chi connectivity index (χ0) is 15.9. The molecule has 4 fully saturated rings. The smallest absolute Gasteiger partial charge is 0.155 e. The van der Waals surface area contributed by atoms with E-state index in [1.165, 1.54) is 24.8 Å². The fraction of sp³-hybridized carbons (Fsp3) is 0.810. The van der Waals surface area contributed by atoms with E-state index in [9.17, 15) is 10.1 Å². The quantitative estimate of drug-likeness (QED) is 0.666. The maximum atomic E-state index is 11.8. The van der Waals surface area contributed by atoms with E-state index < -0.39 is 0 Å². The minimum absolute atomic E-state index is 0.281. The van der Waals surface area contributed by atoms with E-state index in [0.29, 0.717) is 29.5 Å². The molecule has 2 nitrogen and oxygen atoms in total. The largest absolute Gasteiger partial charge is 0.295 e. The summed E-state index contributed by atoms with van der Waals surface area (Å²) in [6, 6.07) is 2.71. The standard InChI is InChI=1S/C21H27NO/c1-11-7-12-8-13(23)3-4-14(12)15-5-6-21(2)18(10-22)16-9-17(16)20(21)19(11)15/h8,11,14-20H,3-7,9H2,1-2H3/t11-,14?,15?,16?,17?,18?,19?,20?,21?/m1/s1. The fourth-order valence-corrected chi connectivity index (χ4v) is 7.77. The molecule has 23 heavy (non-hydrogen) atoms. The molecular weight excluding hydrogens is 282 g/mol. The van der Waals surface area contributed by atoms with Crippen LogP contribution in [-0.2, 0) is 4.79 Å². The summed E-state index contributed by atoms with van der Waals surface area (Å²) >= 11 is 0. The molecule has 0 aromatic heterocycles. The molecule has 5 aliphatic rings. The van der Waals surface area contributed by atoms with E-state index in [-0.39, 0.29) is 5.41 Å². The van der Waals surface area contributed by atoms with Crippen molar-refractivity contribution in [3.05, 3.63) is 11.6 Å². The highest BCUT2D eigenvalue weighted by molar-refractivity contribution is 5.91. The van der Waals surface area contributed by atoms with Crippen LogP contribution in [0.2, 0.25) is 0 Å². The summed E-state index contributed by atoms with van der Waals surface area (Å²) < 4.78 is 0. The molecule has 5 rings (SSSR count). The third-order valence-corrected chi connectivity index (χ3v) is 8.57. The van der Waals surface area contributed by atoms with Gasteiger partial charge in [0.1, 0.15) is 0 Å². The summed E-state index contributed by atoms with van der Waals surface area (Å²) in [4.78, 5) is 11.8. The van der Waals surface area contributed by atoms with Gasteiger partial charge in [-0.25, -0.2) is 0 Å². The van der Waals surface area contributed by atoms with E-state index in [1.54, 1.807) is 0 Å². The van der Waals surface area contributed by atoms with Crippen molar-refractivity contribution in [1.82, 2.24) is 0 Å². The van der Waals surface area contributed by atoms with Crippen LogP contribution in [-0.4, -0.2) is 5.78 Å². The Bertz CT molecular complexity index is 643. The molecule has 0 spiro atoms. The average Bonchev–Trinajstić information content (AvgIpc) is 3.22. The van der Waals surface area contributed by atoms with Gasteiger partial charge in [0.2, 0.25) is 0 Å². The Labute approximate surface area is 139 Å². The van der Waals surface area contributed by atoms with Gasteiger partial charge >= 0.3 is 0 Å². The van der Waals surface area contributed by atoms with Crippen molar-refractivity contribution in [1.29, 1.82) is 5.26 Å². The van der Waals surface area contributed by atoms with Gasteiger partial charge in [0, 0.05) is 6.42 Å². The van der Waals surface area contributed by atoms with E-state index in [4.69, 9.17) is 0 Å². The van der Waals surface area contributed by atoms with Gasteiger partial charge in [-0.3, -0.25) is 4.79 Å². The summed E-state index contributed by atoms with van der Waals surface area (Å²) in [6.07, 6.45) is 8.85. The molecule has 0 aromatic carbocycles. The molecule has 4 saturated carbocycles. The number of carbonyl (C=O) groups is 1. The molecule has 0 aliphatic heterocycles. The van der Waals surface area contributed by atoms with E-state index in [1.807, 2.05) is 6.08 Å². The molecule has 8 unspecified atom stereocenters. The Balaban J connectivity index is 1.53. The summed E-state index contributed by atoms with van der Waals surface area (Å²) in [5, 5.41) is 9.75. The van der Waals surface area contributed by atoms with Crippen molar-refractivity contribution >= 4 is 5.78 Å². The Kier molecular flexibility index (Phi) is 2.79. The lowest BCUT2D eigenvalue weighted by Crippen LogP contribution is -2.50. The first-order chi connectivity index (χ1) is 11.0. The second kappa shape index (κ2) is 4.50. The van der Waals surface area contributed by atoms with Crippen LogP contribution in [0.3, 0.4) is 0 Å². The average molecular weight is 309 g/mol. The molecule has 0 bridgehead atoms. The molecule has 0 radical (unpaired) electrons. The number of carbonyl (C=O) groups excluding carboxylic acids is 1. The minimum Gasteiger partial charge on any atom is -0.295 e. The summed E-state index contributed by atoms with van der Waals surface area (Å²) in [7, 11) is 0. The van der Waals surface area contributed by atoms with Crippen molar-refractivity contribution in [2.75, 3.05) is 0 Å². The Morgan fingerprint density at radius 3 is 2.87 bits per heavy atom. The van der Waals surface area contributed by atoms with Crippen molar-refractivity contribution in [3.8, 4) is 6.07 Å². The molecule has 2 heteroatoms. The predicted octanol–water partition coefficient (Wildman–Crippen LogP) is 4.37. The summed E-state index contributed by atoms with van der Waals surface area (Å²) in [6.45, 7) is 4.87. The van der Waals surface area contributed by atoms with Crippen molar-refractivity contribution in [2.45, 2.75) is 52.4 Å². The third kappa shape index (κ3) is 1.72. The van der Waals surface area contributed by atoms with Gasteiger partial charge in [0.15, 0.2) is 5.78 Å². The number of nitriles is 1. The zero-order valence-corrected chi connectivity index (χ0v) is 14.3. The minimum atomic E-state index is 0.281. The number of ketones is 1. The lowest BCUT2D eigenvalue weighted by Gasteiger charge is -2.56. The monoisotopic (exact) mass is 309 g/mol. The highest BCUT2D eigenvalue weighted by atomic mass is 16.1. The van der Waals surface area contributed by atoms with Crippen LogP contribution in [0.25, 0.3) is 0 Å². The maximum absolute atomic E-state index is 11.8. The van der Waals surface area contributed by atoms with Gasteiger partial charge < -0.3 is 0 Å². The highest BCUT2D eigenvalue weighted by Gasteiger charge is 2.70. The second-order valence-corrected chi connectivity index (χ2v) is 9.49. The highest BCUT2D eigenvalue weighted by Crippen LogP contribution is 2.74. The molecule has 0 heterocycles. The first kappa shape index (κ1) is 14.3. The van der Waals surface area contributed by atoms with Crippen LogP contribution in [0.4, 0.5) is 0 Å². The fourth-order valence-electron chi connectivity index (χ4n) is 7.77. The van der Waals surface area contributed by atoms with Crippen molar-refractivity contribution in [3.63, 3.8) is 0 Å². The SMILES string of the molecule is C[C@@H]1CC2=CC(=O)CCC2C2CCC3(C)C(C#N)C4CC4C3C21. The Morgan fingerprint density at radius 1 is 1.26 bits per heavy atom. The van der Waals surface area contributed by atoms with Crippen LogP contribution in [0, 0.1) is 64.1 Å². The number of nitrogens with zero attached hydrogens (tertiary/aromatic N) is 1. The first-order valence-corrected chi connectivity index (χ1v) is 9.67. The van der Waals surface area contributed by atoms with E-state index >= 15 is 0 Å². The van der Waals surface area contributed by atoms with Gasteiger partial charge in [-0.15, -0.1) is 0 Å². The van der Waals surface area contributed by atoms with Gasteiger partial charge in [-0.2, -0.15) is 5.26 Å². The summed E-state index contributed by atoms with van der Waals surface area (Å²) in [5.74, 6) is 5.97. The van der Waals surface area contributed by atoms with Gasteiger partial charge in [0.05, 0.1) is 12.0 Å². The number of allylic oxidation sites excluding steroid dienone is 1. The van der Waals surface area contributed by atoms with Crippen LogP contribution in [0.5, 0.6) is 0 Å². The van der Waals surface area contributed by atoms with Crippen molar-refractivity contribution in [2.24, 2.45) is 52.8 Å². The zero-order valence-electron chi connectivity index (χ0n) is 14.3. The molecule has 0 N–H and O–H groups in total. The number of fused-ring (bicyclic) bond motifs is 7. The van der Waals surface area contributed by atoms with Crippen LogP contribution >= 0.6 is 0 Å². The lowest BCUT2D eigenvalue weighted by molar-refractivity contribution is -0.116. The lowest BCUT2D eigenvalue weighted by atomic mass is 9.48. The second-order valence-electron chi connectivity index (χ2n) is 9.49. The van der Waals surface area contributed by atoms with Crippen LogP contribution in [0.1, 0.15) is 52.4 Å². The van der Waals surface area contributed by atoms with E-state index in [0.717, 1.165) is 42.9 Å². The van der Waals surface area contributed by atoms with Gasteiger partial charge in [-0.1, -0.05) is 19.4 Å². The normalized spacial score (nSPS) is 56.6. The van der Waals surface area contributed by atoms with Gasteiger partial charge in [0.25, 0.3) is 0 Å². The summed E-state index contributed by atoms with van der Waals surface area (Å²) in [5.41, 5.74) is 1.75. The Morgan fingerprint density at radius 2 is 2.09 bits per heavy atom. The van der Waals surface area contributed by atoms with Gasteiger partial charge in [-0.05, 0) is 85.0 Å². The van der Waals surface area contributed by atoms with E-state index in [2.05, 4.69) is 19.9 Å². The molecule has 5 aliphatic carbocycles. The third-order valence-electron chi connectivity index (χ3n) is 8.57. The topological polar surface area (TPSA) is 40.9 Å². The molecule has 0 aromatic rings. The Hall–Kier alpha value is -1.10. The molecule has 0 amide bonds. The predicted molar refractivity (Wildman–Crippen MR) is 88.1 cm³/mol. The molecule has 0 saturated heterocycles. The molecule has 9 atom stereocenters. The number of hydrogen-bond acceptors (Lipinski definition) is 2. The van der Waals surface area contributed by atoms with Crippen molar-refractivity contribution < 1.29 is 4.79 Å². The number of hydrogen-bond donors (Lipinski definition) is 0. The first-order valence-electron chi connectivity index (χ1n) is 9.67. The maximum Gasteiger partial charge on any atom is 0.155 e. The van der Waals surface area contributed by atoms with Crippen LogP contribution < -0.4 is 0 Å². The number of rotatable bonds is 0.